The molecule has 0 aliphatic heterocycles. The number of rotatable bonds is 6. The van der Waals surface area contributed by atoms with Gasteiger partial charge in [0.15, 0.2) is 0 Å². The third-order valence-electron chi connectivity index (χ3n) is 4.59. The van der Waals surface area contributed by atoms with Crippen molar-refractivity contribution < 1.29 is 14.3 Å². The number of nitrogens with one attached hydrogen (secondary N) is 1. The second kappa shape index (κ2) is 8.93. The summed E-state index contributed by atoms with van der Waals surface area (Å²) in [6.45, 7) is 1.74. The second-order valence-corrected chi connectivity index (χ2v) is 7.71. The molecule has 2 aromatic heterocycles. The highest BCUT2D eigenvalue weighted by molar-refractivity contribution is 7.20. The van der Waals surface area contributed by atoms with E-state index >= 15 is 0 Å². The number of nitrogens with zero attached hydrogens (tertiary/aromatic N) is 2. The number of anilines is 1. The third-order valence-corrected chi connectivity index (χ3v) is 5.69. The lowest BCUT2D eigenvalue weighted by Gasteiger charge is -2.10. The van der Waals surface area contributed by atoms with Crippen LogP contribution in [-0.4, -0.2) is 28.0 Å². The van der Waals surface area contributed by atoms with Crippen LogP contribution in [0, 0.1) is 0 Å². The van der Waals surface area contributed by atoms with Crippen molar-refractivity contribution in [2.24, 2.45) is 0 Å². The summed E-state index contributed by atoms with van der Waals surface area (Å²) in [4.78, 5) is 42.5. The molecule has 4 aromatic rings. The fourth-order valence-corrected chi connectivity index (χ4v) is 4.24. The van der Waals surface area contributed by atoms with E-state index in [1.54, 1.807) is 31.2 Å². The molecule has 0 unspecified atom stereocenters. The Morgan fingerprint density at radius 1 is 1.10 bits per heavy atom. The summed E-state index contributed by atoms with van der Waals surface area (Å²) in [5.41, 5.74) is 2.01. The van der Waals surface area contributed by atoms with E-state index in [1.807, 2.05) is 36.4 Å². The molecule has 0 saturated carbocycles. The average molecular weight is 433 g/mol. The molecule has 7 nitrogen and oxygen atoms in total. The topological polar surface area (TPSA) is 90.3 Å². The Morgan fingerprint density at radius 3 is 2.61 bits per heavy atom. The standard InChI is InChI=1S/C23H19N3O4S/c1-2-30-23(29)16-12-19(15-8-4-3-5-9-15)31-22(16)25-20(27)14-26-18-11-7-6-10-17(18)24-13-21(26)28/h3-13H,2,14H2,1H3,(H,25,27). The van der Waals surface area contributed by atoms with Crippen LogP contribution in [0.3, 0.4) is 0 Å². The number of thiophene rings is 1. The van der Waals surface area contributed by atoms with Crippen LogP contribution in [0.5, 0.6) is 0 Å². The minimum absolute atomic E-state index is 0.206. The number of benzene rings is 2. The van der Waals surface area contributed by atoms with E-state index in [4.69, 9.17) is 4.74 Å². The average Bonchev–Trinajstić information content (AvgIpc) is 3.20. The summed E-state index contributed by atoms with van der Waals surface area (Å²) in [6, 6.07) is 18.4. The first-order valence-corrected chi connectivity index (χ1v) is 10.5. The fraction of sp³-hybridized carbons (Fsp3) is 0.130. The summed E-state index contributed by atoms with van der Waals surface area (Å²) < 4.78 is 6.50. The first kappa shape index (κ1) is 20.5. The Morgan fingerprint density at radius 2 is 1.84 bits per heavy atom. The van der Waals surface area contributed by atoms with Gasteiger partial charge in [0.1, 0.15) is 11.5 Å². The Hall–Kier alpha value is -3.78. The molecule has 2 heterocycles. The Kier molecular flexibility index (Phi) is 5.90. The third kappa shape index (κ3) is 4.39. The fourth-order valence-electron chi connectivity index (χ4n) is 3.18. The predicted octanol–water partition coefficient (Wildman–Crippen LogP) is 3.94. The first-order valence-electron chi connectivity index (χ1n) is 9.67. The summed E-state index contributed by atoms with van der Waals surface area (Å²) in [6.07, 6.45) is 1.19. The minimum atomic E-state index is -0.511. The number of fused-ring (bicyclic) bond motifs is 1. The van der Waals surface area contributed by atoms with E-state index in [9.17, 15) is 14.4 Å². The van der Waals surface area contributed by atoms with Gasteiger partial charge in [-0.05, 0) is 30.7 Å². The lowest BCUT2D eigenvalue weighted by molar-refractivity contribution is -0.116. The molecule has 0 spiro atoms. The molecule has 0 fully saturated rings. The number of esters is 1. The molecule has 1 amide bonds. The van der Waals surface area contributed by atoms with Crippen LogP contribution in [0.2, 0.25) is 0 Å². The number of carbonyl (C=O) groups is 2. The van der Waals surface area contributed by atoms with E-state index in [-0.39, 0.29) is 24.3 Å². The smallest absolute Gasteiger partial charge is 0.341 e. The van der Waals surface area contributed by atoms with Gasteiger partial charge in [0, 0.05) is 4.88 Å². The van der Waals surface area contributed by atoms with Crippen molar-refractivity contribution in [2.45, 2.75) is 13.5 Å². The molecular weight excluding hydrogens is 414 g/mol. The number of carbonyl (C=O) groups excluding carboxylic acids is 2. The van der Waals surface area contributed by atoms with E-state index in [0.29, 0.717) is 16.0 Å². The number of aromatic nitrogens is 2. The Labute approximate surface area is 181 Å². The molecule has 4 rings (SSSR count). The van der Waals surface area contributed by atoms with Gasteiger partial charge in [-0.15, -0.1) is 11.3 Å². The van der Waals surface area contributed by atoms with E-state index in [0.717, 1.165) is 10.4 Å². The number of para-hydroxylation sites is 2. The monoisotopic (exact) mass is 433 g/mol. The van der Waals surface area contributed by atoms with Crippen LogP contribution in [0.1, 0.15) is 17.3 Å². The van der Waals surface area contributed by atoms with Crippen LogP contribution in [0.4, 0.5) is 5.00 Å². The summed E-state index contributed by atoms with van der Waals surface area (Å²) in [5, 5.41) is 3.16. The van der Waals surface area contributed by atoms with Gasteiger partial charge in [-0.2, -0.15) is 0 Å². The summed E-state index contributed by atoms with van der Waals surface area (Å²) in [7, 11) is 0. The highest BCUT2D eigenvalue weighted by Crippen LogP contribution is 2.36. The SMILES string of the molecule is CCOC(=O)c1cc(-c2ccccc2)sc1NC(=O)Cn1c(=O)cnc2ccccc21. The van der Waals surface area contributed by atoms with E-state index < -0.39 is 11.9 Å². The van der Waals surface area contributed by atoms with Gasteiger partial charge in [0.25, 0.3) is 5.56 Å². The molecule has 156 valence electrons. The van der Waals surface area contributed by atoms with Crippen molar-refractivity contribution in [3.8, 4) is 10.4 Å². The van der Waals surface area contributed by atoms with Crippen LogP contribution in [0.15, 0.2) is 71.7 Å². The molecule has 2 aromatic carbocycles. The normalized spacial score (nSPS) is 10.7. The first-order chi connectivity index (χ1) is 15.1. The van der Waals surface area contributed by atoms with Crippen LogP contribution < -0.4 is 10.9 Å². The van der Waals surface area contributed by atoms with Gasteiger partial charge < -0.3 is 10.1 Å². The van der Waals surface area contributed by atoms with Crippen LogP contribution in [0.25, 0.3) is 21.5 Å². The van der Waals surface area contributed by atoms with Gasteiger partial charge >= 0.3 is 5.97 Å². The predicted molar refractivity (Wildman–Crippen MR) is 120 cm³/mol. The maximum absolute atomic E-state index is 12.8. The Bertz CT molecular complexity index is 1310. The quantitative estimate of drug-likeness (QED) is 0.465. The molecule has 8 heteroatoms. The zero-order valence-corrected chi connectivity index (χ0v) is 17.5. The molecular formula is C23H19N3O4S. The zero-order valence-electron chi connectivity index (χ0n) is 16.7. The molecule has 1 N–H and O–H groups in total. The molecule has 31 heavy (non-hydrogen) atoms. The molecule has 0 aliphatic carbocycles. The van der Waals surface area contributed by atoms with Crippen molar-refractivity contribution >= 4 is 39.2 Å². The number of hydrogen-bond donors (Lipinski definition) is 1. The van der Waals surface area contributed by atoms with Crippen LogP contribution in [-0.2, 0) is 16.1 Å². The van der Waals surface area contributed by atoms with Gasteiger partial charge in [-0.25, -0.2) is 9.78 Å². The van der Waals surface area contributed by atoms with Gasteiger partial charge in [-0.3, -0.25) is 14.2 Å². The van der Waals surface area contributed by atoms with Gasteiger partial charge in [0.05, 0.1) is 29.4 Å². The highest BCUT2D eigenvalue weighted by atomic mass is 32.1. The number of amides is 1. The van der Waals surface area contributed by atoms with Crippen molar-refractivity contribution in [1.82, 2.24) is 9.55 Å². The maximum atomic E-state index is 12.8. The van der Waals surface area contributed by atoms with Crippen LogP contribution >= 0.6 is 11.3 Å². The molecule has 0 saturated heterocycles. The second-order valence-electron chi connectivity index (χ2n) is 6.66. The number of ether oxygens (including phenoxy) is 1. The minimum Gasteiger partial charge on any atom is -0.462 e. The maximum Gasteiger partial charge on any atom is 0.341 e. The van der Waals surface area contributed by atoms with Crippen molar-refractivity contribution in [3.63, 3.8) is 0 Å². The van der Waals surface area contributed by atoms with E-state index in [1.165, 1.54) is 22.1 Å². The van der Waals surface area contributed by atoms with Crippen molar-refractivity contribution in [1.29, 1.82) is 0 Å². The molecule has 0 atom stereocenters. The van der Waals surface area contributed by atoms with Gasteiger partial charge in [0.2, 0.25) is 5.91 Å². The lowest BCUT2D eigenvalue weighted by Crippen LogP contribution is -2.28. The molecule has 0 radical (unpaired) electrons. The van der Waals surface area contributed by atoms with E-state index in [2.05, 4.69) is 10.3 Å². The number of hydrogen-bond acceptors (Lipinski definition) is 6. The van der Waals surface area contributed by atoms with Gasteiger partial charge in [-0.1, -0.05) is 42.5 Å². The summed E-state index contributed by atoms with van der Waals surface area (Å²) >= 11 is 1.28. The zero-order chi connectivity index (χ0) is 21.8. The molecule has 0 aliphatic rings. The lowest BCUT2D eigenvalue weighted by atomic mass is 10.1. The largest absolute Gasteiger partial charge is 0.462 e. The van der Waals surface area contributed by atoms with Crippen molar-refractivity contribution in [2.75, 3.05) is 11.9 Å². The molecule has 0 bridgehead atoms. The summed E-state index contributed by atoms with van der Waals surface area (Å²) in [5.74, 6) is -0.937. The Balaban J connectivity index is 1.65. The van der Waals surface area contributed by atoms with Crippen molar-refractivity contribution in [3.05, 3.63) is 82.8 Å². The highest BCUT2D eigenvalue weighted by Gasteiger charge is 2.20.